The number of anilines is 3. The number of hydrogen-bond donors (Lipinski definition) is 3. The van der Waals surface area contributed by atoms with Crippen LogP contribution in [-0.2, 0) is 0 Å². The fraction of sp³-hybridized carbons (Fsp3) is 0.433. The summed E-state index contributed by atoms with van der Waals surface area (Å²) < 4.78 is 0. The average Bonchev–Trinajstić information content (AvgIpc) is 3.16. The summed E-state index contributed by atoms with van der Waals surface area (Å²) in [6, 6.07) is 14.0. The Kier molecular flexibility index (Phi) is 5.83. The Morgan fingerprint density at radius 2 is 1.79 bits per heavy atom. The Balaban J connectivity index is 1.04. The highest BCUT2D eigenvalue weighted by Gasteiger charge is 2.51. The maximum absolute atomic E-state index is 10.3. The Hall–Kier alpha value is -3.87. The van der Waals surface area contributed by atoms with Crippen molar-refractivity contribution < 1.29 is 10.2 Å². The minimum atomic E-state index is -0.0951. The van der Waals surface area contributed by atoms with Gasteiger partial charge in [0, 0.05) is 61.1 Å². The maximum atomic E-state index is 10.3. The first-order valence-corrected chi connectivity index (χ1v) is 13.8. The van der Waals surface area contributed by atoms with Gasteiger partial charge in [0.05, 0.1) is 24.0 Å². The monoisotopic (exact) mass is 523 g/mol. The van der Waals surface area contributed by atoms with E-state index in [4.69, 9.17) is 5.73 Å². The summed E-state index contributed by atoms with van der Waals surface area (Å²) in [4.78, 5) is 11.7. The Labute approximate surface area is 228 Å². The number of aliphatic hydroxyl groups is 1. The molecule has 9 nitrogen and oxygen atoms in total. The zero-order valence-electron chi connectivity index (χ0n) is 21.9. The first-order chi connectivity index (χ1) is 19.0. The smallest absolute Gasteiger partial charge is 0.169 e. The van der Waals surface area contributed by atoms with Crippen LogP contribution < -0.4 is 15.5 Å². The number of nitrogens with zero attached hydrogens (tertiary/aromatic N) is 6. The molecule has 1 aromatic carbocycles. The van der Waals surface area contributed by atoms with Gasteiger partial charge in [0.2, 0.25) is 0 Å². The third-order valence-electron chi connectivity index (χ3n) is 8.82. The van der Waals surface area contributed by atoms with Gasteiger partial charge in [-0.05, 0) is 61.9 Å². The van der Waals surface area contributed by atoms with E-state index in [9.17, 15) is 10.2 Å². The molecule has 9 heteroatoms. The quantitative estimate of drug-likeness (QED) is 0.444. The molecule has 4 aliphatic rings. The lowest BCUT2D eigenvalue weighted by molar-refractivity contribution is -0.123. The number of aromatic hydroxyl groups is 1. The Morgan fingerprint density at radius 3 is 2.54 bits per heavy atom. The first-order valence-electron chi connectivity index (χ1n) is 13.8. The van der Waals surface area contributed by atoms with Crippen molar-refractivity contribution in [2.24, 2.45) is 5.41 Å². The van der Waals surface area contributed by atoms with Gasteiger partial charge in [-0.3, -0.25) is 4.90 Å². The lowest BCUT2D eigenvalue weighted by Gasteiger charge is -2.57. The van der Waals surface area contributed by atoms with Gasteiger partial charge in [0.25, 0.3) is 0 Å². The van der Waals surface area contributed by atoms with Gasteiger partial charge in [-0.15, -0.1) is 10.2 Å². The van der Waals surface area contributed by atoms with Gasteiger partial charge in [-0.25, -0.2) is 4.98 Å². The number of piperazine rings is 1. The van der Waals surface area contributed by atoms with Crippen molar-refractivity contribution in [3.63, 3.8) is 0 Å². The van der Waals surface area contributed by atoms with Gasteiger partial charge < -0.3 is 25.7 Å². The highest BCUT2D eigenvalue weighted by Crippen LogP contribution is 2.48. The van der Waals surface area contributed by atoms with Crippen LogP contribution in [0.25, 0.3) is 11.3 Å². The zero-order valence-corrected chi connectivity index (χ0v) is 21.9. The summed E-state index contributed by atoms with van der Waals surface area (Å²) in [5.74, 6) is 7.16. The lowest BCUT2D eigenvalue weighted by atomic mass is 9.62. The molecule has 2 atom stereocenters. The van der Waals surface area contributed by atoms with E-state index in [-0.39, 0.29) is 11.9 Å². The van der Waals surface area contributed by atoms with E-state index < -0.39 is 0 Å². The predicted molar refractivity (Wildman–Crippen MR) is 150 cm³/mol. The molecular weight excluding hydrogens is 490 g/mol. The van der Waals surface area contributed by atoms with E-state index in [0.717, 1.165) is 69.8 Å². The minimum Gasteiger partial charge on any atom is -0.507 e. The van der Waals surface area contributed by atoms with Crippen LogP contribution in [0.3, 0.4) is 0 Å². The number of pyridine rings is 1. The van der Waals surface area contributed by atoms with E-state index in [2.05, 4.69) is 53.9 Å². The highest BCUT2D eigenvalue weighted by molar-refractivity contribution is 5.74. The molecule has 0 amide bonds. The number of likely N-dealkylation sites (tertiary alicyclic amines) is 1. The second kappa shape index (κ2) is 9.40. The number of rotatable bonds is 4. The van der Waals surface area contributed by atoms with Crippen molar-refractivity contribution in [3.05, 3.63) is 54.4 Å². The molecule has 1 spiro atoms. The van der Waals surface area contributed by atoms with Gasteiger partial charge in [0.1, 0.15) is 11.4 Å². The molecule has 2 bridgehead atoms. The van der Waals surface area contributed by atoms with E-state index in [1.165, 1.54) is 5.69 Å². The number of phenols is 1. The van der Waals surface area contributed by atoms with Gasteiger partial charge >= 0.3 is 0 Å². The molecule has 1 aliphatic carbocycles. The van der Waals surface area contributed by atoms with Crippen LogP contribution >= 0.6 is 0 Å². The number of fused-ring (bicyclic) bond motifs is 2. The van der Waals surface area contributed by atoms with Crippen LogP contribution in [0.5, 0.6) is 5.75 Å². The van der Waals surface area contributed by atoms with Crippen molar-refractivity contribution in [2.75, 3.05) is 48.3 Å². The predicted octanol–water partition coefficient (Wildman–Crippen LogP) is 2.49. The van der Waals surface area contributed by atoms with Crippen molar-refractivity contribution in [1.82, 2.24) is 20.1 Å². The van der Waals surface area contributed by atoms with E-state index >= 15 is 0 Å². The first kappa shape index (κ1) is 24.2. The zero-order chi connectivity index (χ0) is 26.6. The molecule has 3 saturated heterocycles. The topological polar surface area (TPSA) is 115 Å². The van der Waals surface area contributed by atoms with Crippen LogP contribution in [0.15, 0.2) is 48.7 Å². The molecule has 0 radical (unpaired) electrons. The molecule has 7 rings (SSSR count). The summed E-state index contributed by atoms with van der Waals surface area (Å²) in [5, 5.41) is 28.4. The summed E-state index contributed by atoms with van der Waals surface area (Å²) in [6.07, 6.45) is 5.88. The molecule has 1 saturated carbocycles. The van der Waals surface area contributed by atoms with Gasteiger partial charge in [-0.2, -0.15) is 0 Å². The van der Waals surface area contributed by atoms with E-state index in [0.29, 0.717) is 34.6 Å². The standard InChI is InChI=1S/C30H33N7O2/c31-29-27(13-26(33-34-29)25-5-1-2-6-28(25)39)36-16-22-7-8-23(17-36)37(22)21-9-10-32-20(12-21)4-3-11-35-18-30(19-35)14-24(38)15-30/h1-2,5-6,9-10,12-13,22-24,38-39H,7-8,11,14-19H2,(H2,31,34). The fourth-order valence-electron chi connectivity index (χ4n) is 7.09. The SMILES string of the molecule is Nc1nnc(-c2ccccc2O)cc1N1CC2CCC(C1)N2c1ccnc(C#CCN2CC3(CC(O)C3)C2)c1. The maximum Gasteiger partial charge on any atom is 0.169 e. The van der Waals surface area contributed by atoms with Crippen molar-refractivity contribution in [2.45, 2.75) is 43.9 Å². The molecule has 4 fully saturated rings. The summed E-state index contributed by atoms with van der Waals surface area (Å²) in [7, 11) is 0. The molecule has 2 aromatic heterocycles. The molecule has 2 unspecified atom stereocenters. The Bertz CT molecular complexity index is 1440. The van der Waals surface area contributed by atoms with Crippen LogP contribution in [0.2, 0.25) is 0 Å². The van der Waals surface area contributed by atoms with E-state index in [1.54, 1.807) is 12.1 Å². The molecule has 5 heterocycles. The van der Waals surface area contributed by atoms with Crippen molar-refractivity contribution >= 4 is 17.2 Å². The number of para-hydroxylation sites is 1. The molecule has 39 heavy (non-hydrogen) atoms. The number of phenolic OH excluding ortho intramolecular Hbond substituents is 1. The minimum absolute atomic E-state index is 0.0951. The second-order valence-electron chi connectivity index (χ2n) is 11.6. The molecule has 3 aliphatic heterocycles. The molecular formula is C30H33N7O2. The number of nitrogen functional groups attached to an aromatic ring is 1. The van der Waals surface area contributed by atoms with Crippen LogP contribution in [-0.4, -0.2) is 81.2 Å². The number of benzene rings is 1. The van der Waals surface area contributed by atoms with Crippen LogP contribution in [0.4, 0.5) is 17.2 Å². The van der Waals surface area contributed by atoms with Gasteiger partial charge in [0.15, 0.2) is 5.82 Å². The fourth-order valence-corrected chi connectivity index (χ4v) is 7.09. The number of nitrogens with two attached hydrogens (primary N) is 1. The summed E-state index contributed by atoms with van der Waals surface area (Å²) in [5.41, 5.74) is 10.8. The van der Waals surface area contributed by atoms with Crippen molar-refractivity contribution in [1.29, 1.82) is 0 Å². The number of aliphatic hydroxyl groups excluding tert-OH is 1. The normalized spacial score (nSPS) is 23.7. The molecule has 4 N–H and O–H groups in total. The van der Waals surface area contributed by atoms with Crippen LogP contribution in [0, 0.1) is 17.3 Å². The lowest BCUT2D eigenvalue weighted by Crippen LogP contribution is -2.63. The van der Waals surface area contributed by atoms with Gasteiger partial charge in [-0.1, -0.05) is 18.1 Å². The highest BCUT2D eigenvalue weighted by atomic mass is 16.3. The third kappa shape index (κ3) is 4.44. The van der Waals surface area contributed by atoms with Crippen LogP contribution in [0.1, 0.15) is 31.4 Å². The summed E-state index contributed by atoms with van der Waals surface area (Å²) >= 11 is 0. The second-order valence-corrected chi connectivity index (χ2v) is 11.6. The summed E-state index contributed by atoms with van der Waals surface area (Å²) in [6.45, 7) is 4.51. The Morgan fingerprint density at radius 1 is 1.03 bits per heavy atom. The number of hydrogen-bond acceptors (Lipinski definition) is 9. The largest absolute Gasteiger partial charge is 0.507 e. The average molecular weight is 524 g/mol. The number of aromatic nitrogens is 3. The molecule has 200 valence electrons. The van der Waals surface area contributed by atoms with E-state index in [1.807, 2.05) is 24.4 Å². The van der Waals surface area contributed by atoms with Crippen molar-refractivity contribution in [3.8, 4) is 28.8 Å². The third-order valence-corrected chi connectivity index (χ3v) is 8.82. The molecule has 3 aromatic rings.